The molecule has 0 heterocycles. The lowest BCUT2D eigenvalue weighted by Gasteiger charge is -2.23. The number of rotatable bonds is 4. The zero-order valence-corrected chi connectivity index (χ0v) is 12.0. The topological polar surface area (TPSA) is 63.3 Å². The lowest BCUT2D eigenvalue weighted by atomic mass is 9.89. The molecule has 1 atom stereocenters. The van der Waals surface area contributed by atoms with Crippen molar-refractivity contribution in [1.29, 1.82) is 0 Å². The van der Waals surface area contributed by atoms with Crippen molar-refractivity contribution < 1.29 is 9.90 Å². The Morgan fingerprint density at radius 3 is 2.50 bits per heavy atom. The Morgan fingerprint density at radius 1 is 1.44 bits per heavy atom. The van der Waals surface area contributed by atoms with Crippen LogP contribution in [0.5, 0.6) is 0 Å². The van der Waals surface area contributed by atoms with Crippen LogP contribution in [-0.2, 0) is 11.2 Å². The van der Waals surface area contributed by atoms with Crippen LogP contribution in [0.25, 0.3) is 0 Å². The molecule has 5 heteroatoms. The second-order valence-corrected chi connectivity index (χ2v) is 5.45. The second kappa shape index (κ2) is 5.29. The first-order chi connectivity index (χ1) is 7.39. The van der Waals surface area contributed by atoms with Crippen molar-refractivity contribution in [1.82, 2.24) is 0 Å². The third-order valence-corrected chi connectivity index (χ3v) is 4.44. The van der Waals surface area contributed by atoms with Crippen LogP contribution in [-0.4, -0.2) is 16.6 Å². The van der Waals surface area contributed by atoms with Crippen LogP contribution in [0.1, 0.15) is 18.9 Å². The summed E-state index contributed by atoms with van der Waals surface area (Å²) in [5, 5.41) is 9.07. The van der Waals surface area contributed by atoms with Crippen molar-refractivity contribution in [2.75, 3.05) is 0 Å². The number of carboxylic acid groups (broad SMARTS) is 1. The first kappa shape index (κ1) is 13.7. The molecule has 0 fully saturated rings. The third-order valence-electron chi connectivity index (χ3n) is 2.56. The van der Waals surface area contributed by atoms with Gasteiger partial charge in [0.2, 0.25) is 0 Å². The summed E-state index contributed by atoms with van der Waals surface area (Å²) in [6, 6.07) is 5.62. The number of benzene rings is 1. The second-order valence-electron chi connectivity index (χ2n) is 3.74. The number of hydrogen-bond acceptors (Lipinski definition) is 2. The number of carboxylic acids is 1. The first-order valence-electron chi connectivity index (χ1n) is 4.85. The first-order valence-corrected chi connectivity index (χ1v) is 6.44. The molecular weight excluding hydrogens is 338 g/mol. The van der Waals surface area contributed by atoms with E-state index in [-0.39, 0.29) is 0 Å². The van der Waals surface area contributed by atoms with Crippen LogP contribution < -0.4 is 5.73 Å². The summed E-state index contributed by atoms with van der Waals surface area (Å²) in [7, 11) is 0. The van der Waals surface area contributed by atoms with Gasteiger partial charge in [-0.15, -0.1) is 0 Å². The van der Waals surface area contributed by atoms with Gasteiger partial charge in [-0.1, -0.05) is 13.0 Å². The summed E-state index contributed by atoms with van der Waals surface area (Å²) in [5.74, 6) is -0.964. The van der Waals surface area contributed by atoms with Gasteiger partial charge in [0.05, 0.1) is 0 Å². The number of aliphatic carboxylic acids is 1. The van der Waals surface area contributed by atoms with Crippen molar-refractivity contribution in [2.24, 2.45) is 5.73 Å². The molecule has 3 N–H and O–H groups in total. The van der Waals surface area contributed by atoms with Gasteiger partial charge >= 0.3 is 5.97 Å². The van der Waals surface area contributed by atoms with E-state index in [1.54, 1.807) is 6.92 Å². The predicted octanol–water partition coefficient (Wildman–Crippen LogP) is 2.95. The van der Waals surface area contributed by atoms with Gasteiger partial charge in [-0.05, 0) is 56.0 Å². The van der Waals surface area contributed by atoms with Gasteiger partial charge in [0, 0.05) is 15.4 Å². The fraction of sp³-hybridized carbons (Fsp3) is 0.364. The van der Waals surface area contributed by atoms with Crippen molar-refractivity contribution in [3.8, 4) is 0 Å². The summed E-state index contributed by atoms with van der Waals surface area (Å²) < 4.78 is 1.83. The average molecular weight is 351 g/mol. The third kappa shape index (κ3) is 3.06. The standard InChI is InChI=1S/C11H13Br2NO2/c1-2-11(14,10(15)16)6-7-3-4-8(12)9(13)5-7/h3-5H,2,6,14H2,1H3,(H,15,16). The van der Waals surface area contributed by atoms with Gasteiger partial charge in [-0.25, -0.2) is 0 Å². The predicted molar refractivity (Wildman–Crippen MR) is 70.4 cm³/mol. The Kier molecular flexibility index (Phi) is 4.52. The molecule has 1 unspecified atom stereocenters. The zero-order valence-electron chi connectivity index (χ0n) is 8.84. The molecule has 1 aromatic rings. The van der Waals surface area contributed by atoms with Crippen molar-refractivity contribution in [2.45, 2.75) is 25.3 Å². The highest BCUT2D eigenvalue weighted by Gasteiger charge is 2.31. The minimum Gasteiger partial charge on any atom is -0.480 e. The normalized spacial score (nSPS) is 14.5. The van der Waals surface area contributed by atoms with Crippen LogP contribution in [0.2, 0.25) is 0 Å². The fourth-order valence-electron chi connectivity index (χ4n) is 1.37. The van der Waals surface area contributed by atoms with E-state index < -0.39 is 11.5 Å². The highest BCUT2D eigenvalue weighted by Crippen LogP contribution is 2.25. The number of hydrogen-bond donors (Lipinski definition) is 2. The summed E-state index contributed by atoms with van der Waals surface area (Å²) in [6.45, 7) is 1.78. The Morgan fingerprint density at radius 2 is 2.06 bits per heavy atom. The maximum absolute atomic E-state index is 11.1. The van der Waals surface area contributed by atoms with E-state index in [4.69, 9.17) is 10.8 Å². The van der Waals surface area contributed by atoms with E-state index in [1.807, 2.05) is 18.2 Å². The van der Waals surface area contributed by atoms with Gasteiger partial charge in [0.25, 0.3) is 0 Å². The minimum atomic E-state index is -1.19. The molecule has 3 nitrogen and oxygen atoms in total. The van der Waals surface area contributed by atoms with E-state index in [0.29, 0.717) is 12.8 Å². The highest BCUT2D eigenvalue weighted by atomic mass is 79.9. The maximum Gasteiger partial charge on any atom is 0.324 e. The molecule has 0 saturated carbocycles. The van der Waals surface area contributed by atoms with Crippen molar-refractivity contribution in [3.63, 3.8) is 0 Å². The van der Waals surface area contributed by atoms with Crippen LogP contribution in [0.4, 0.5) is 0 Å². The summed E-state index contributed by atoms with van der Waals surface area (Å²) in [5.41, 5.74) is 5.55. The zero-order chi connectivity index (χ0) is 12.3. The molecule has 0 saturated heterocycles. The van der Waals surface area contributed by atoms with Crippen molar-refractivity contribution >= 4 is 37.8 Å². The molecule has 0 aromatic heterocycles. The number of nitrogens with two attached hydrogens (primary N) is 1. The van der Waals surface area contributed by atoms with E-state index in [9.17, 15) is 4.79 Å². The number of halogens is 2. The van der Waals surface area contributed by atoms with Crippen LogP contribution in [0.15, 0.2) is 27.1 Å². The molecule has 0 spiro atoms. The van der Waals surface area contributed by atoms with E-state index >= 15 is 0 Å². The average Bonchev–Trinajstić information content (AvgIpc) is 2.23. The van der Waals surface area contributed by atoms with Gasteiger partial charge in [0.1, 0.15) is 5.54 Å². The summed E-state index contributed by atoms with van der Waals surface area (Å²) in [4.78, 5) is 11.1. The highest BCUT2D eigenvalue weighted by molar-refractivity contribution is 9.13. The van der Waals surface area contributed by atoms with E-state index in [1.165, 1.54) is 0 Å². The van der Waals surface area contributed by atoms with Gasteiger partial charge < -0.3 is 10.8 Å². The molecule has 0 aliphatic carbocycles. The van der Waals surface area contributed by atoms with Crippen LogP contribution >= 0.6 is 31.9 Å². The molecule has 1 aromatic carbocycles. The summed E-state index contributed by atoms with van der Waals surface area (Å²) in [6.07, 6.45) is 0.723. The minimum absolute atomic E-state index is 0.324. The molecule has 88 valence electrons. The monoisotopic (exact) mass is 349 g/mol. The molecule has 16 heavy (non-hydrogen) atoms. The quantitative estimate of drug-likeness (QED) is 0.877. The Labute approximate surface area is 111 Å². The largest absolute Gasteiger partial charge is 0.480 e. The van der Waals surface area contributed by atoms with E-state index in [0.717, 1.165) is 14.5 Å². The molecule has 0 radical (unpaired) electrons. The smallest absolute Gasteiger partial charge is 0.324 e. The Balaban J connectivity index is 2.95. The van der Waals surface area contributed by atoms with Crippen LogP contribution in [0, 0.1) is 0 Å². The van der Waals surface area contributed by atoms with Gasteiger partial charge in [0.15, 0.2) is 0 Å². The van der Waals surface area contributed by atoms with Crippen LogP contribution in [0.3, 0.4) is 0 Å². The Hall–Kier alpha value is -0.390. The van der Waals surface area contributed by atoms with Crippen molar-refractivity contribution in [3.05, 3.63) is 32.7 Å². The molecular formula is C11H13Br2NO2. The molecule has 0 amide bonds. The lowest BCUT2D eigenvalue weighted by molar-refractivity contribution is -0.143. The van der Waals surface area contributed by atoms with Gasteiger partial charge in [-0.2, -0.15) is 0 Å². The number of carbonyl (C=O) groups is 1. The molecule has 0 aliphatic rings. The lowest BCUT2D eigenvalue weighted by Crippen LogP contribution is -2.49. The maximum atomic E-state index is 11.1. The fourth-order valence-corrected chi connectivity index (χ4v) is 2.04. The van der Waals surface area contributed by atoms with E-state index in [2.05, 4.69) is 31.9 Å². The molecule has 1 rings (SSSR count). The van der Waals surface area contributed by atoms with Gasteiger partial charge in [-0.3, -0.25) is 4.79 Å². The molecule has 0 bridgehead atoms. The molecule has 0 aliphatic heterocycles. The Bertz CT molecular complexity index is 409. The SMILES string of the molecule is CCC(N)(Cc1ccc(Br)c(Br)c1)C(=O)O. The summed E-state index contributed by atoms with van der Waals surface area (Å²) >= 11 is 6.74.